The minimum atomic E-state index is -0.290. The van der Waals surface area contributed by atoms with Crippen molar-refractivity contribution >= 4 is 17.3 Å². The fourth-order valence-electron chi connectivity index (χ4n) is 1.56. The second kappa shape index (κ2) is 6.26. The summed E-state index contributed by atoms with van der Waals surface area (Å²) < 4.78 is 20.3. The summed E-state index contributed by atoms with van der Waals surface area (Å²) in [5.41, 5.74) is 6.70. The van der Waals surface area contributed by atoms with Gasteiger partial charge in [-0.3, -0.25) is 4.79 Å². The van der Waals surface area contributed by atoms with E-state index in [1.54, 1.807) is 19.2 Å². The Morgan fingerprint density at radius 3 is 2.84 bits per heavy atom. The first-order chi connectivity index (χ1) is 9.20. The van der Waals surface area contributed by atoms with Gasteiger partial charge in [-0.1, -0.05) is 0 Å². The van der Waals surface area contributed by atoms with Crippen molar-refractivity contribution in [3.8, 4) is 11.5 Å². The van der Waals surface area contributed by atoms with E-state index in [0.29, 0.717) is 36.1 Å². The van der Waals surface area contributed by atoms with Crippen LogP contribution >= 0.6 is 0 Å². The molecule has 19 heavy (non-hydrogen) atoms. The molecule has 1 aliphatic heterocycles. The molecule has 1 aromatic rings. The van der Waals surface area contributed by atoms with Crippen LogP contribution in [0.4, 0.5) is 11.4 Å². The number of nitrogens with two attached hydrogens (primary N) is 1. The highest BCUT2D eigenvalue weighted by Crippen LogP contribution is 2.38. The third-order valence-corrected chi connectivity index (χ3v) is 2.48. The SMILES string of the molecule is COCCOCC(=O)Nc1cc2c(cc1N)OCO2. The summed E-state index contributed by atoms with van der Waals surface area (Å²) in [6, 6.07) is 3.24. The molecule has 0 saturated heterocycles. The van der Waals surface area contributed by atoms with E-state index < -0.39 is 0 Å². The number of ether oxygens (including phenoxy) is 4. The van der Waals surface area contributed by atoms with E-state index in [4.69, 9.17) is 24.7 Å². The number of benzene rings is 1. The van der Waals surface area contributed by atoms with Gasteiger partial charge in [0.2, 0.25) is 12.7 Å². The number of hydrogen-bond acceptors (Lipinski definition) is 6. The van der Waals surface area contributed by atoms with Gasteiger partial charge in [0, 0.05) is 19.2 Å². The Balaban J connectivity index is 1.90. The Morgan fingerprint density at radius 2 is 2.11 bits per heavy atom. The molecule has 7 heteroatoms. The van der Waals surface area contributed by atoms with E-state index in [-0.39, 0.29) is 19.3 Å². The third-order valence-electron chi connectivity index (χ3n) is 2.48. The number of nitrogen functional groups attached to an aromatic ring is 1. The molecule has 1 heterocycles. The van der Waals surface area contributed by atoms with Crippen molar-refractivity contribution in [2.75, 3.05) is 44.8 Å². The lowest BCUT2D eigenvalue weighted by molar-refractivity contribution is -0.121. The van der Waals surface area contributed by atoms with Gasteiger partial charge in [0.15, 0.2) is 11.5 Å². The fourth-order valence-corrected chi connectivity index (χ4v) is 1.56. The Morgan fingerprint density at radius 1 is 1.37 bits per heavy atom. The Labute approximate surface area is 110 Å². The van der Waals surface area contributed by atoms with Crippen LogP contribution in [0.25, 0.3) is 0 Å². The molecule has 0 aromatic heterocycles. The van der Waals surface area contributed by atoms with Crippen LogP contribution in [0.15, 0.2) is 12.1 Å². The van der Waals surface area contributed by atoms with E-state index in [1.807, 2.05) is 0 Å². The minimum Gasteiger partial charge on any atom is -0.454 e. The monoisotopic (exact) mass is 268 g/mol. The summed E-state index contributed by atoms with van der Waals surface area (Å²) in [6.07, 6.45) is 0. The smallest absolute Gasteiger partial charge is 0.250 e. The molecule has 7 nitrogen and oxygen atoms in total. The van der Waals surface area contributed by atoms with Crippen molar-refractivity contribution in [3.05, 3.63) is 12.1 Å². The Kier molecular flexibility index (Phi) is 4.43. The molecule has 0 aliphatic carbocycles. The standard InChI is InChI=1S/C12H16N2O5/c1-16-2-3-17-6-12(15)14-9-5-11-10(4-8(9)13)18-7-19-11/h4-5H,2-3,6-7,13H2,1H3,(H,14,15). The van der Waals surface area contributed by atoms with E-state index in [9.17, 15) is 4.79 Å². The molecule has 0 unspecified atom stereocenters. The molecule has 0 bridgehead atoms. The molecule has 0 fully saturated rings. The summed E-state index contributed by atoms with van der Waals surface area (Å²) in [4.78, 5) is 11.6. The van der Waals surface area contributed by atoms with Crippen molar-refractivity contribution in [2.24, 2.45) is 0 Å². The molecule has 1 aliphatic rings. The van der Waals surface area contributed by atoms with Gasteiger partial charge in [0.1, 0.15) is 6.61 Å². The van der Waals surface area contributed by atoms with Crippen LogP contribution in [0.2, 0.25) is 0 Å². The average molecular weight is 268 g/mol. The topological polar surface area (TPSA) is 92.0 Å². The molecule has 0 atom stereocenters. The van der Waals surface area contributed by atoms with E-state index >= 15 is 0 Å². The normalized spacial score (nSPS) is 12.5. The molecule has 0 radical (unpaired) electrons. The lowest BCUT2D eigenvalue weighted by atomic mass is 10.2. The first-order valence-corrected chi connectivity index (χ1v) is 5.76. The van der Waals surface area contributed by atoms with E-state index in [1.165, 1.54) is 0 Å². The van der Waals surface area contributed by atoms with E-state index in [2.05, 4.69) is 5.32 Å². The Bertz CT molecular complexity index is 464. The summed E-state index contributed by atoms with van der Waals surface area (Å²) in [5.74, 6) is 0.846. The highest BCUT2D eigenvalue weighted by molar-refractivity contribution is 5.95. The molecule has 1 amide bonds. The molecule has 3 N–H and O–H groups in total. The molecular formula is C12H16N2O5. The van der Waals surface area contributed by atoms with Crippen molar-refractivity contribution in [2.45, 2.75) is 0 Å². The maximum atomic E-state index is 11.6. The lowest BCUT2D eigenvalue weighted by Gasteiger charge is -2.09. The number of carbonyl (C=O) groups is 1. The van der Waals surface area contributed by atoms with Crippen LogP contribution in [0.3, 0.4) is 0 Å². The van der Waals surface area contributed by atoms with Crippen LogP contribution in [-0.4, -0.2) is 39.6 Å². The van der Waals surface area contributed by atoms with Gasteiger partial charge in [-0.15, -0.1) is 0 Å². The van der Waals surface area contributed by atoms with Gasteiger partial charge in [0.25, 0.3) is 0 Å². The fraction of sp³-hybridized carbons (Fsp3) is 0.417. The van der Waals surface area contributed by atoms with Crippen molar-refractivity contribution in [1.29, 1.82) is 0 Å². The number of rotatable bonds is 6. The largest absolute Gasteiger partial charge is 0.454 e. The van der Waals surface area contributed by atoms with Crippen LogP contribution in [0.5, 0.6) is 11.5 Å². The van der Waals surface area contributed by atoms with Crippen LogP contribution in [-0.2, 0) is 14.3 Å². The number of hydrogen-bond donors (Lipinski definition) is 2. The van der Waals surface area contributed by atoms with Crippen LogP contribution in [0, 0.1) is 0 Å². The second-order valence-corrected chi connectivity index (χ2v) is 3.89. The predicted molar refractivity (Wildman–Crippen MR) is 68.3 cm³/mol. The van der Waals surface area contributed by atoms with Crippen LogP contribution < -0.4 is 20.5 Å². The first-order valence-electron chi connectivity index (χ1n) is 5.76. The highest BCUT2D eigenvalue weighted by atomic mass is 16.7. The van der Waals surface area contributed by atoms with Gasteiger partial charge < -0.3 is 30.0 Å². The lowest BCUT2D eigenvalue weighted by Crippen LogP contribution is -2.20. The van der Waals surface area contributed by atoms with Gasteiger partial charge >= 0.3 is 0 Å². The van der Waals surface area contributed by atoms with Gasteiger partial charge in [-0.05, 0) is 0 Å². The predicted octanol–water partition coefficient (Wildman–Crippen LogP) is 0.599. The molecule has 0 spiro atoms. The quantitative estimate of drug-likeness (QED) is 0.580. The number of nitrogens with one attached hydrogen (secondary N) is 1. The minimum absolute atomic E-state index is 0.0583. The zero-order valence-corrected chi connectivity index (χ0v) is 10.6. The molecule has 0 saturated carbocycles. The number of amides is 1. The molecule has 1 aromatic carbocycles. The maximum Gasteiger partial charge on any atom is 0.250 e. The van der Waals surface area contributed by atoms with Crippen molar-refractivity contribution < 1.29 is 23.7 Å². The summed E-state index contributed by atoms with van der Waals surface area (Å²) in [5, 5.41) is 2.65. The molecule has 2 rings (SSSR count). The van der Waals surface area contributed by atoms with Gasteiger partial charge in [-0.2, -0.15) is 0 Å². The number of methoxy groups -OCH3 is 1. The zero-order chi connectivity index (χ0) is 13.7. The van der Waals surface area contributed by atoms with E-state index in [0.717, 1.165) is 0 Å². The second-order valence-electron chi connectivity index (χ2n) is 3.89. The molecular weight excluding hydrogens is 252 g/mol. The van der Waals surface area contributed by atoms with Gasteiger partial charge in [0.05, 0.1) is 24.6 Å². The zero-order valence-electron chi connectivity index (χ0n) is 10.6. The average Bonchev–Trinajstić information content (AvgIpc) is 2.82. The summed E-state index contributed by atoms with van der Waals surface area (Å²) in [6.45, 7) is 0.906. The maximum absolute atomic E-state index is 11.6. The number of fused-ring (bicyclic) bond motifs is 1. The van der Waals surface area contributed by atoms with Crippen molar-refractivity contribution in [3.63, 3.8) is 0 Å². The number of carbonyl (C=O) groups excluding carboxylic acids is 1. The van der Waals surface area contributed by atoms with Crippen LogP contribution in [0.1, 0.15) is 0 Å². The highest BCUT2D eigenvalue weighted by Gasteiger charge is 2.17. The van der Waals surface area contributed by atoms with Crippen molar-refractivity contribution in [1.82, 2.24) is 0 Å². The first kappa shape index (κ1) is 13.4. The van der Waals surface area contributed by atoms with Gasteiger partial charge in [-0.25, -0.2) is 0 Å². The third kappa shape index (κ3) is 3.49. The summed E-state index contributed by atoms with van der Waals surface area (Å²) >= 11 is 0. The molecule has 104 valence electrons. The number of anilines is 2. The summed E-state index contributed by atoms with van der Waals surface area (Å²) in [7, 11) is 1.57. The Hall–Kier alpha value is -1.99.